The molecule has 0 aliphatic heterocycles. The van der Waals surface area contributed by atoms with Crippen LogP contribution in [0.2, 0.25) is 5.02 Å². The highest BCUT2D eigenvalue weighted by Crippen LogP contribution is 2.29. The number of hydrogen-bond donors (Lipinski definition) is 0. The van der Waals surface area contributed by atoms with E-state index in [9.17, 15) is 0 Å². The number of imidazole rings is 1. The molecule has 30 heavy (non-hydrogen) atoms. The number of halogens is 2. The van der Waals surface area contributed by atoms with Crippen LogP contribution < -0.4 is 4.74 Å². The number of rotatable bonds is 6. The number of fused-ring (bicyclic) bond motifs is 1. The fourth-order valence-corrected chi connectivity index (χ4v) is 3.70. The topological polar surface area (TPSA) is 27.1 Å². The minimum Gasteiger partial charge on any atom is -0.485 e. The lowest BCUT2D eigenvalue weighted by Crippen LogP contribution is -2.09. The molecule has 0 saturated carbocycles. The summed E-state index contributed by atoms with van der Waals surface area (Å²) in [6, 6.07) is 22.6. The summed E-state index contributed by atoms with van der Waals surface area (Å²) in [5.41, 5.74) is 5.68. The average Bonchev–Trinajstić information content (AvgIpc) is 3.05. The predicted octanol–water partition coefficient (Wildman–Crippen LogP) is 7.17. The van der Waals surface area contributed by atoms with E-state index in [4.69, 9.17) is 21.3 Å². The van der Waals surface area contributed by atoms with Gasteiger partial charge in [-0.3, -0.25) is 0 Å². The van der Waals surface area contributed by atoms with E-state index in [1.54, 1.807) is 0 Å². The van der Waals surface area contributed by atoms with Crippen LogP contribution in [-0.2, 0) is 13.2 Å². The Labute approximate surface area is 189 Å². The van der Waals surface area contributed by atoms with Crippen LogP contribution in [0, 0.1) is 6.92 Å². The summed E-state index contributed by atoms with van der Waals surface area (Å²) in [7, 11) is 0. The second-order valence-corrected chi connectivity index (χ2v) is 8.15. The van der Waals surface area contributed by atoms with Crippen LogP contribution in [0.5, 0.6) is 5.75 Å². The molecule has 4 aromatic rings. The number of nitrogens with zero attached hydrogens (tertiary/aromatic N) is 2. The fourth-order valence-electron chi connectivity index (χ4n) is 3.57. The van der Waals surface area contributed by atoms with Crippen molar-refractivity contribution < 1.29 is 4.74 Å². The lowest BCUT2D eigenvalue weighted by atomic mass is 10.0. The maximum Gasteiger partial charge on any atom is 0.148 e. The first-order valence-corrected chi connectivity index (χ1v) is 10.3. The van der Waals surface area contributed by atoms with Gasteiger partial charge in [0.1, 0.15) is 18.2 Å². The maximum atomic E-state index is 6.29. The lowest BCUT2D eigenvalue weighted by molar-refractivity contribution is 0.287. The molecule has 0 spiro atoms. The zero-order valence-corrected chi connectivity index (χ0v) is 19.0. The molecule has 0 saturated heterocycles. The van der Waals surface area contributed by atoms with Gasteiger partial charge in [0, 0.05) is 11.6 Å². The number of benzene rings is 3. The zero-order valence-electron chi connectivity index (χ0n) is 17.4. The van der Waals surface area contributed by atoms with Gasteiger partial charge in [0.15, 0.2) is 0 Å². The van der Waals surface area contributed by atoms with Gasteiger partial charge >= 0.3 is 0 Å². The normalized spacial score (nSPS) is 11.0. The molecule has 0 amide bonds. The van der Waals surface area contributed by atoms with Gasteiger partial charge in [-0.05, 0) is 59.9 Å². The fraction of sp³-hybridized carbons (Fsp3) is 0.240. The summed E-state index contributed by atoms with van der Waals surface area (Å²) in [5, 5.41) is 0.744. The molecule has 0 fully saturated rings. The number of para-hydroxylation sites is 2. The standard InChI is InChI=1S/C25H25ClN2O.ClH/c1-17(2)21-13-8-18(3)14-24(21)29-16-25-27-22-6-4-5-7-23(22)28(25)15-19-9-11-20(26)12-10-19;/h4-14,17H,15-16H2,1-3H3;1H. The molecular formula is C25H26Cl2N2O. The molecule has 0 aliphatic rings. The quantitative estimate of drug-likeness (QED) is 0.317. The summed E-state index contributed by atoms with van der Waals surface area (Å²) in [6.07, 6.45) is 0. The van der Waals surface area contributed by atoms with Crippen LogP contribution in [0.1, 0.15) is 42.3 Å². The van der Waals surface area contributed by atoms with E-state index in [0.717, 1.165) is 34.2 Å². The highest BCUT2D eigenvalue weighted by molar-refractivity contribution is 6.30. The largest absolute Gasteiger partial charge is 0.485 e. The molecule has 3 aromatic carbocycles. The van der Waals surface area contributed by atoms with Gasteiger partial charge in [0.25, 0.3) is 0 Å². The van der Waals surface area contributed by atoms with Crippen molar-refractivity contribution in [1.29, 1.82) is 0 Å². The molecule has 0 radical (unpaired) electrons. The van der Waals surface area contributed by atoms with Crippen LogP contribution in [0.15, 0.2) is 66.7 Å². The Kier molecular flexibility index (Phi) is 7.06. The number of aromatic nitrogens is 2. The van der Waals surface area contributed by atoms with Gasteiger partial charge in [0.2, 0.25) is 0 Å². The van der Waals surface area contributed by atoms with E-state index in [1.807, 2.05) is 30.3 Å². The van der Waals surface area contributed by atoms with Crippen molar-refractivity contribution in [2.45, 2.75) is 39.8 Å². The van der Waals surface area contributed by atoms with Crippen molar-refractivity contribution in [2.75, 3.05) is 0 Å². The summed E-state index contributed by atoms with van der Waals surface area (Å²) >= 11 is 6.05. The molecule has 5 heteroatoms. The van der Waals surface area contributed by atoms with Crippen LogP contribution in [-0.4, -0.2) is 9.55 Å². The number of ether oxygens (including phenoxy) is 1. The Morgan fingerprint density at radius 2 is 1.73 bits per heavy atom. The van der Waals surface area contributed by atoms with Gasteiger partial charge in [-0.25, -0.2) is 4.98 Å². The molecule has 0 atom stereocenters. The second kappa shape index (κ2) is 9.55. The first-order valence-electron chi connectivity index (χ1n) is 9.93. The Morgan fingerprint density at radius 1 is 1.00 bits per heavy atom. The number of aryl methyl sites for hydroxylation is 1. The van der Waals surface area contributed by atoms with E-state index < -0.39 is 0 Å². The van der Waals surface area contributed by atoms with Crippen LogP contribution in [0.25, 0.3) is 11.0 Å². The summed E-state index contributed by atoms with van der Waals surface area (Å²) in [5.74, 6) is 2.25. The van der Waals surface area contributed by atoms with Crippen molar-refractivity contribution in [2.24, 2.45) is 0 Å². The minimum atomic E-state index is 0. The molecule has 1 heterocycles. The summed E-state index contributed by atoms with van der Waals surface area (Å²) in [4.78, 5) is 4.85. The zero-order chi connectivity index (χ0) is 20.4. The van der Waals surface area contributed by atoms with Crippen molar-refractivity contribution in [3.63, 3.8) is 0 Å². The predicted molar refractivity (Wildman–Crippen MR) is 127 cm³/mol. The van der Waals surface area contributed by atoms with Gasteiger partial charge < -0.3 is 9.30 Å². The highest BCUT2D eigenvalue weighted by Gasteiger charge is 2.14. The Morgan fingerprint density at radius 3 is 2.47 bits per heavy atom. The van der Waals surface area contributed by atoms with Gasteiger partial charge in [-0.15, -0.1) is 12.4 Å². The first-order chi connectivity index (χ1) is 14.0. The van der Waals surface area contributed by atoms with E-state index >= 15 is 0 Å². The molecular weight excluding hydrogens is 415 g/mol. The van der Waals surface area contributed by atoms with Gasteiger partial charge in [-0.2, -0.15) is 0 Å². The van der Waals surface area contributed by atoms with Crippen molar-refractivity contribution in [3.8, 4) is 5.75 Å². The smallest absolute Gasteiger partial charge is 0.148 e. The Hall–Kier alpha value is -2.49. The monoisotopic (exact) mass is 440 g/mol. The molecule has 0 bridgehead atoms. The molecule has 0 N–H and O–H groups in total. The van der Waals surface area contributed by atoms with Crippen LogP contribution in [0.4, 0.5) is 0 Å². The van der Waals surface area contributed by atoms with E-state index in [1.165, 1.54) is 16.7 Å². The van der Waals surface area contributed by atoms with E-state index in [2.05, 4.69) is 61.7 Å². The second-order valence-electron chi connectivity index (χ2n) is 7.71. The highest BCUT2D eigenvalue weighted by atomic mass is 35.5. The van der Waals surface area contributed by atoms with Crippen LogP contribution in [0.3, 0.4) is 0 Å². The SMILES string of the molecule is Cc1ccc(C(C)C)c(OCc2nc3ccccc3n2Cc2ccc(Cl)cc2)c1.Cl. The Balaban J connectivity index is 0.00000256. The van der Waals surface area contributed by atoms with E-state index in [0.29, 0.717) is 12.5 Å². The molecule has 0 aliphatic carbocycles. The van der Waals surface area contributed by atoms with Crippen molar-refractivity contribution >= 4 is 35.0 Å². The third-order valence-corrected chi connectivity index (χ3v) is 5.39. The maximum absolute atomic E-state index is 6.29. The van der Waals surface area contributed by atoms with Crippen molar-refractivity contribution in [3.05, 3.63) is 94.3 Å². The number of hydrogen-bond acceptors (Lipinski definition) is 2. The lowest BCUT2D eigenvalue weighted by Gasteiger charge is -2.16. The van der Waals surface area contributed by atoms with Crippen molar-refractivity contribution in [1.82, 2.24) is 9.55 Å². The molecule has 3 nitrogen and oxygen atoms in total. The molecule has 4 rings (SSSR count). The average molecular weight is 441 g/mol. The molecule has 1 aromatic heterocycles. The molecule has 156 valence electrons. The summed E-state index contributed by atoms with van der Waals surface area (Å²) < 4.78 is 8.51. The third kappa shape index (κ3) is 4.80. The Bertz CT molecular complexity index is 1130. The van der Waals surface area contributed by atoms with Gasteiger partial charge in [-0.1, -0.05) is 61.8 Å². The van der Waals surface area contributed by atoms with Gasteiger partial charge in [0.05, 0.1) is 11.0 Å². The van der Waals surface area contributed by atoms with Crippen LogP contribution >= 0.6 is 24.0 Å². The summed E-state index contributed by atoms with van der Waals surface area (Å²) in [6.45, 7) is 7.61. The molecule has 0 unspecified atom stereocenters. The van der Waals surface area contributed by atoms with E-state index in [-0.39, 0.29) is 12.4 Å². The first kappa shape index (κ1) is 22.2. The third-order valence-electron chi connectivity index (χ3n) is 5.14. The minimum absolute atomic E-state index is 0.